The van der Waals surface area contributed by atoms with Crippen LogP contribution in [-0.2, 0) is 14.1 Å². The molecule has 112 valence electrons. The maximum absolute atomic E-state index is 12.1. The number of aromatic nitrogens is 4. The lowest BCUT2D eigenvalue weighted by Crippen LogP contribution is -2.36. The van der Waals surface area contributed by atoms with Gasteiger partial charge in [0, 0.05) is 14.1 Å². The number of hydrogen-bond donors (Lipinski definition) is 2. The molecule has 0 aliphatic heterocycles. The van der Waals surface area contributed by atoms with Crippen LogP contribution in [0.5, 0.6) is 5.75 Å². The summed E-state index contributed by atoms with van der Waals surface area (Å²) in [6, 6.07) is 6.74. The van der Waals surface area contributed by atoms with Crippen molar-refractivity contribution in [1.29, 1.82) is 0 Å². The zero-order chi connectivity index (χ0) is 15.9. The van der Waals surface area contributed by atoms with Crippen molar-refractivity contribution in [1.82, 2.24) is 19.1 Å². The van der Waals surface area contributed by atoms with E-state index in [0.29, 0.717) is 11.5 Å². The highest BCUT2D eigenvalue weighted by atomic mass is 16.3. The van der Waals surface area contributed by atoms with Gasteiger partial charge in [-0.05, 0) is 23.8 Å². The molecule has 2 heterocycles. The third-order valence-corrected chi connectivity index (χ3v) is 3.42. The zero-order valence-corrected chi connectivity index (χ0v) is 12.1. The standard InChI is InChI=1S/C15H14N4O3/c1-18-13-12(14(21)19(2)15(18)22)16-11(17-13)7-6-9-4-3-5-10(20)8-9/h3-8,20H,1-2H3,(H,16,17)/b7-6+. The second-order valence-corrected chi connectivity index (χ2v) is 4.95. The van der Waals surface area contributed by atoms with Crippen LogP contribution in [0.4, 0.5) is 0 Å². The molecule has 0 aliphatic carbocycles. The molecule has 0 spiro atoms. The SMILES string of the molecule is Cn1c(=O)c2[nH]c(/C=C/c3cccc(O)c3)nc2n(C)c1=O. The normalized spacial score (nSPS) is 11.5. The Bertz CT molecular complexity index is 1010. The van der Waals surface area contributed by atoms with Gasteiger partial charge in [0.1, 0.15) is 17.1 Å². The van der Waals surface area contributed by atoms with Crippen LogP contribution in [0, 0.1) is 0 Å². The average molecular weight is 298 g/mol. The van der Waals surface area contributed by atoms with E-state index in [0.717, 1.165) is 10.1 Å². The van der Waals surface area contributed by atoms with Crippen LogP contribution in [-0.4, -0.2) is 24.2 Å². The van der Waals surface area contributed by atoms with Crippen molar-refractivity contribution < 1.29 is 5.11 Å². The molecular formula is C15H14N4O3. The Kier molecular flexibility index (Phi) is 3.17. The molecule has 0 aliphatic rings. The van der Waals surface area contributed by atoms with Crippen molar-refractivity contribution in [2.45, 2.75) is 0 Å². The molecule has 0 atom stereocenters. The second kappa shape index (κ2) is 5.03. The summed E-state index contributed by atoms with van der Waals surface area (Å²) >= 11 is 0. The summed E-state index contributed by atoms with van der Waals surface area (Å²) in [5.41, 5.74) is 0.543. The Labute approximate surface area is 124 Å². The zero-order valence-electron chi connectivity index (χ0n) is 12.1. The molecule has 0 bridgehead atoms. The minimum Gasteiger partial charge on any atom is -0.508 e. The highest BCUT2D eigenvalue weighted by Crippen LogP contribution is 2.14. The van der Waals surface area contributed by atoms with Gasteiger partial charge in [-0.25, -0.2) is 9.78 Å². The van der Waals surface area contributed by atoms with Crippen molar-refractivity contribution in [3.63, 3.8) is 0 Å². The molecule has 0 saturated heterocycles. The van der Waals surface area contributed by atoms with Gasteiger partial charge in [0.2, 0.25) is 0 Å². The van der Waals surface area contributed by atoms with Crippen molar-refractivity contribution in [3.8, 4) is 5.75 Å². The molecule has 2 aromatic heterocycles. The molecule has 0 radical (unpaired) electrons. The molecule has 3 aromatic rings. The summed E-state index contributed by atoms with van der Waals surface area (Å²) in [4.78, 5) is 31.1. The first-order valence-corrected chi connectivity index (χ1v) is 6.60. The van der Waals surface area contributed by atoms with Crippen LogP contribution in [0.2, 0.25) is 0 Å². The largest absolute Gasteiger partial charge is 0.508 e. The van der Waals surface area contributed by atoms with E-state index in [1.807, 2.05) is 6.07 Å². The number of aryl methyl sites for hydroxylation is 1. The molecule has 0 amide bonds. The number of hydrogen-bond acceptors (Lipinski definition) is 4. The first kappa shape index (κ1) is 13.9. The highest BCUT2D eigenvalue weighted by Gasteiger charge is 2.12. The fourth-order valence-corrected chi connectivity index (χ4v) is 2.23. The summed E-state index contributed by atoms with van der Waals surface area (Å²) in [5.74, 6) is 0.625. The van der Waals surface area contributed by atoms with Crippen LogP contribution >= 0.6 is 0 Å². The molecule has 7 nitrogen and oxygen atoms in total. The monoisotopic (exact) mass is 298 g/mol. The number of fused-ring (bicyclic) bond motifs is 1. The summed E-state index contributed by atoms with van der Waals surface area (Å²) in [7, 11) is 2.99. The van der Waals surface area contributed by atoms with Crippen LogP contribution < -0.4 is 11.2 Å². The van der Waals surface area contributed by atoms with E-state index in [-0.39, 0.29) is 11.3 Å². The van der Waals surface area contributed by atoms with Gasteiger partial charge in [-0.15, -0.1) is 0 Å². The van der Waals surface area contributed by atoms with Gasteiger partial charge in [-0.3, -0.25) is 13.9 Å². The summed E-state index contributed by atoms with van der Waals surface area (Å²) in [6.07, 6.45) is 3.43. The van der Waals surface area contributed by atoms with Crippen LogP contribution in [0.1, 0.15) is 11.4 Å². The van der Waals surface area contributed by atoms with E-state index in [4.69, 9.17) is 0 Å². The Balaban J connectivity index is 2.10. The first-order valence-electron chi connectivity index (χ1n) is 6.60. The average Bonchev–Trinajstić information content (AvgIpc) is 2.93. The van der Waals surface area contributed by atoms with E-state index >= 15 is 0 Å². The Morgan fingerprint density at radius 3 is 2.68 bits per heavy atom. The predicted molar refractivity (Wildman–Crippen MR) is 83.6 cm³/mol. The van der Waals surface area contributed by atoms with Crippen molar-refractivity contribution in [3.05, 3.63) is 56.5 Å². The minimum atomic E-state index is -0.424. The van der Waals surface area contributed by atoms with E-state index in [1.165, 1.54) is 11.6 Å². The van der Waals surface area contributed by atoms with E-state index in [2.05, 4.69) is 9.97 Å². The topological polar surface area (TPSA) is 92.9 Å². The highest BCUT2D eigenvalue weighted by molar-refractivity contribution is 5.75. The lowest BCUT2D eigenvalue weighted by Gasteiger charge is -2.00. The van der Waals surface area contributed by atoms with Gasteiger partial charge in [0.15, 0.2) is 5.65 Å². The molecule has 0 fully saturated rings. The quantitative estimate of drug-likeness (QED) is 0.733. The number of phenolic OH excluding ortho intramolecular Hbond substituents is 1. The molecule has 3 rings (SSSR count). The van der Waals surface area contributed by atoms with E-state index in [1.54, 1.807) is 37.4 Å². The summed E-state index contributed by atoms with van der Waals surface area (Å²) < 4.78 is 2.35. The maximum atomic E-state index is 12.1. The minimum absolute atomic E-state index is 0.169. The van der Waals surface area contributed by atoms with Crippen LogP contribution in [0.25, 0.3) is 23.3 Å². The smallest absolute Gasteiger partial charge is 0.332 e. The van der Waals surface area contributed by atoms with E-state index < -0.39 is 11.2 Å². The number of H-pyrrole nitrogens is 1. The van der Waals surface area contributed by atoms with Gasteiger partial charge in [0.25, 0.3) is 5.56 Å². The summed E-state index contributed by atoms with van der Waals surface area (Å²) in [6.45, 7) is 0. The Morgan fingerprint density at radius 2 is 1.95 bits per heavy atom. The van der Waals surface area contributed by atoms with Crippen LogP contribution in [0.15, 0.2) is 33.9 Å². The predicted octanol–water partition coefficient (Wildman–Crippen LogP) is 0.836. The number of aromatic amines is 1. The van der Waals surface area contributed by atoms with Crippen molar-refractivity contribution in [2.24, 2.45) is 14.1 Å². The summed E-state index contributed by atoms with van der Waals surface area (Å²) in [5, 5.41) is 9.42. The molecule has 22 heavy (non-hydrogen) atoms. The van der Waals surface area contributed by atoms with Crippen molar-refractivity contribution >= 4 is 23.3 Å². The van der Waals surface area contributed by atoms with Gasteiger partial charge >= 0.3 is 5.69 Å². The lowest BCUT2D eigenvalue weighted by atomic mass is 10.2. The number of benzene rings is 1. The second-order valence-electron chi connectivity index (χ2n) is 4.95. The molecule has 0 saturated carbocycles. The fourth-order valence-electron chi connectivity index (χ4n) is 2.23. The number of aromatic hydroxyl groups is 1. The lowest BCUT2D eigenvalue weighted by molar-refractivity contribution is 0.475. The molecule has 7 heteroatoms. The molecule has 2 N–H and O–H groups in total. The number of imidazole rings is 1. The number of rotatable bonds is 2. The third-order valence-electron chi connectivity index (χ3n) is 3.42. The molecular weight excluding hydrogens is 284 g/mol. The number of nitrogens with zero attached hydrogens (tertiary/aromatic N) is 3. The first-order chi connectivity index (χ1) is 10.5. The fraction of sp³-hybridized carbons (Fsp3) is 0.133. The van der Waals surface area contributed by atoms with Gasteiger partial charge in [0.05, 0.1) is 0 Å². The van der Waals surface area contributed by atoms with Gasteiger partial charge in [-0.1, -0.05) is 18.2 Å². The number of nitrogens with one attached hydrogen (secondary N) is 1. The van der Waals surface area contributed by atoms with Gasteiger partial charge < -0.3 is 10.1 Å². The molecule has 0 unspecified atom stereocenters. The Morgan fingerprint density at radius 1 is 1.18 bits per heavy atom. The van der Waals surface area contributed by atoms with Crippen LogP contribution in [0.3, 0.4) is 0 Å². The van der Waals surface area contributed by atoms with Gasteiger partial charge in [-0.2, -0.15) is 0 Å². The molecule has 1 aromatic carbocycles. The third kappa shape index (κ3) is 2.22. The Hall–Kier alpha value is -3.09. The van der Waals surface area contributed by atoms with E-state index in [9.17, 15) is 14.7 Å². The maximum Gasteiger partial charge on any atom is 0.332 e. The van der Waals surface area contributed by atoms with Crippen molar-refractivity contribution in [2.75, 3.05) is 0 Å². The number of phenols is 1.